The van der Waals surface area contributed by atoms with E-state index in [4.69, 9.17) is 15.2 Å². The molecule has 0 aliphatic carbocycles. The predicted octanol–water partition coefficient (Wildman–Crippen LogP) is 5.05. The number of carboxylic acid groups (broad SMARTS) is 1. The average Bonchev–Trinajstić information content (AvgIpc) is 2.95. The quantitative estimate of drug-likeness (QED) is 0.235. The van der Waals surface area contributed by atoms with Crippen molar-refractivity contribution < 1.29 is 24.2 Å². The van der Waals surface area contributed by atoms with Crippen molar-refractivity contribution in [1.82, 2.24) is 4.90 Å². The lowest BCUT2D eigenvalue weighted by Gasteiger charge is -2.28. The highest BCUT2D eigenvalue weighted by molar-refractivity contribution is 6.04. The number of aliphatic carboxylic acids is 1. The zero-order valence-corrected chi connectivity index (χ0v) is 22.5. The zero-order chi connectivity index (χ0) is 28.0. The summed E-state index contributed by atoms with van der Waals surface area (Å²) < 4.78 is 10.8. The molecular weight excluding hydrogens is 494 g/mol. The lowest BCUT2D eigenvalue weighted by molar-refractivity contribution is -0.143. The van der Waals surface area contributed by atoms with E-state index >= 15 is 0 Å². The second kappa shape index (κ2) is 15.3. The Balaban J connectivity index is 1.77. The minimum absolute atomic E-state index is 0.181. The molecule has 1 atom stereocenters. The molecule has 206 valence electrons. The molecule has 3 aromatic carbocycles. The third-order valence-electron chi connectivity index (χ3n) is 6.32. The molecule has 0 aliphatic rings. The van der Waals surface area contributed by atoms with Crippen LogP contribution in [0.3, 0.4) is 0 Å². The highest BCUT2D eigenvalue weighted by atomic mass is 16.5. The lowest BCUT2D eigenvalue weighted by Crippen LogP contribution is -2.41. The Morgan fingerprint density at radius 3 is 2.44 bits per heavy atom. The van der Waals surface area contributed by atoms with Crippen LogP contribution in [0.25, 0.3) is 6.08 Å². The number of carbonyl (C=O) groups is 2. The van der Waals surface area contributed by atoms with Crippen LogP contribution in [0.15, 0.2) is 78.9 Å². The summed E-state index contributed by atoms with van der Waals surface area (Å²) in [4.78, 5) is 26.7. The van der Waals surface area contributed by atoms with Gasteiger partial charge in [0.25, 0.3) is 5.91 Å². The smallest absolute Gasteiger partial charge is 0.320 e. The highest BCUT2D eigenvalue weighted by Gasteiger charge is 2.25. The number of methoxy groups -OCH3 is 2. The Hall–Kier alpha value is -4.14. The Bertz CT molecular complexity index is 1250. The Kier molecular flexibility index (Phi) is 11.6. The number of anilines is 1. The van der Waals surface area contributed by atoms with Gasteiger partial charge in [0.15, 0.2) is 11.5 Å². The van der Waals surface area contributed by atoms with E-state index in [9.17, 15) is 14.7 Å². The van der Waals surface area contributed by atoms with Crippen molar-refractivity contribution in [3.63, 3.8) is 0 Å². The molecule has 3 rings (SSSR count). The molecule has 8 nitrogen and oxygen atoms in total. The van der Waals surface area contributed by atoms with Crippen LogP contribution in [0.1, 0.15) is 40.7 Å². The Morgan fingerprint density at radius 1 is 0.974 bits per heavy atom. The zero-order valence-electron chi connectivity index (χ0n) is 22.5. The van der Waals surface area contributed by atoms with Crippen molar-refractivity contribution in [2.75, 3.05) is 32.6 Å². The second-order valence-electron chi connectivity index (χ2n) is 9.11. The van der Waals surface area contributed by atoms with E-state index in [1.54, 1.807) is 26.4 Å². The Morgan fingerprint density at radius 2 is 1.74 bits per heavy atom. The molecule has 0 saturated carbocycles. The van der Waals surface area contributed by atoms with E-state index in [0.29, 0.717) is 48.8 Å². The summed E-state index contributed by atoms with van der Waals surface area (Å²) >= 11 is 0. The maximum atomic E-state index is 12.5. The third kappa shape index (κ3) is 8.98. The number of unbranched alkanes of at least 4 members (excludes halogenated alkanes) is 1. The summed E-state index contributed by atoms with van der Waals surface area (Å²) in [5, 5.41) is 13.0. The third-order valence-corrected chi connectivity index (χ3v) is 6.32. The molecule has 0 radical (unpaired) electrons. The van der Waals surface area contributed by atoms with Crippen molar-refractivity contribution in [2.45, 2.75) is 31.8 Å². The fourth-order valence-corrected chi connectivity index (χ4v) is 4.30. The molecule has 4 N–H and O–H groups in total. The summed E-state index contributed by atoms with van der Waals surface area (Å²) in [5.74, 6) is 0.158. The molecule has 39 heavy (non-hydrogen) atoms. The van der Waals surface area contributed by atoms with Crippen LogP contribution in [0.2, 0.25) is 0 Å². The van der Waals surface area contributed by atoms with Crippen LogP contribution in [-0.4, -0.2) is 55.2 Å². The van der Waals surface area contributed by atoms with Gasteiger partial charge in [-0.05, 0) is 66.9 Å². The molecule has 1 amide bonds. The van der Waals surface area contributed by atoms with E-state index < -0.39 is 12.0 Å². The van der Waals surface area contributed by atoms with Gasteiger partial charge in [-0.25, -0.2) is 0 Å². The number of ether oxygens (including phenoxy) is 2. The number of nitrogens with two attached hydrogens (primary N) is 1. The SMILES string of the molecule is COc1ccc(CN(C/C=C/c2cccc(NC(=O)c3ccccc3)c2)[C@@H](CCCCN)C(=O)O)cc1OC. The van der Waals surface area contributed by atoms with Gasteiger partial charge < -0.3 is 25.6 Å². The molecule has 0 saturated heterocycles. The van der Waals surface area contributed by atoms with Gasteiger partial charge in [-0.3, -0.25) is 14.5 Å². The Labute approximate surface area is 230 Å². The molecule has 3 aromatic rings. The fraction of sp³-hybridized carbons (Fsp3) is 0.290. The van der Waals surface area contributed by atoms with E-state index in [1.165, 1.54) is 0 Å². The number of rotatable bonds is 15. The van der Waals surface area contributed by atoms with Gasteiger partial charge in [0.05, 0.1) is 14.2 Å². The normalized spacial score (nSPS) is 11.9. The minimum Gasteiger partial charge on any atom is -0.493 e. The molecular formula is C31H37N3O5. The molecule has 8 heteroatoms. The van der Waals surface area contributed by atoms with Gasteiger partial charge in [0, 0.05) is 24.3 Å². The molecule has 0 bridgehead atoms. The van der Waals surface area contributed by atoms with Crippen LogP contribution in [0.4, 0.5) is 5.69 Å². The predicted molar refractivity (Wildman–Crippen MR) is 154 cm³/mol. The van der Waals surface area contributed by atoms with Gasteiger partial charge in [-0.1, -0.05) is 55.0 Å². The number of hydrogen-bond donors (Lipinski definition) is 3. The van der Waals surface area contributed by atoms with Crippen LogP contribution >= 0.6 is 0 Å². The van der Waals surface area contributed by atoms with Crippen LogP contribution in [-0.2, 0) is 11.3 Å². The van der Waals surface area contributed by atoms with Gasteiger partial charge >= 0.3 is 5.97 Å². The number of nitrogens with one attached hydrogen (secondary N) is 1. The lowest BCUT2D eigenvalue weighted by atomic mass is 10.1. The number of amides is 1. The molecule has 0 heterocycles. The van der Waals surface area contributed by atoms with E-state index in [1.807, 2.05) is 77.7 Å². The number of nitrogens with zero attached hydrogens (tertiary/aromatic N) is 1. The monoisotopic (exact) mass is 531 g/mol. The molecule has 0 spiro atoms. The van der Waals surface area contributed by atoms with Gasteiger partial charge in [0.1, 0.15) is 6.04 Å². The molecule has 0 aromatic heterocycles. The first-order valence-electron chi connectivity index (χ1n) is 13.0. The van der Waals surface area contributed by atoms with Gasteiger partial charge in [0.2, 0.25) is 0 Å². The molecule has 0 fully saturated rings. The summed E-state index contributed by atoms with van der Waals surface area (Å²) in [6, 6.07) is 21.5. The van der Waals surface area contributed by atoms with Gasteiger partial charge in [-0.2, -0.15) is 0 Å². The van der Waals surface area contributed by atoms with Crippen molar-refractivity contribution in [3.8, 4) is 11.5 Å². The molecule has 0 unspecified atom stereocenters. The number of carbonyl (C=O) groups excluding carboxylic acids is 1. The summed E-state index contributed by atoms with van der Waals surface area (Å²) in [7, 11) is 3.15. The van der Waals surface area contributed by atoms with E-state index in [-0.39, 0.29) is 5.91 Å². The topological polar surface area (TPSA) is 114 Å². The number of benzene rings is 3. The first kappa shape index (κ1) is 29.4. The van der Waals surface area contributed by atoms with Crippen LogP contribution in [0.5, 0.6) is 11.5 Å². The highest BCUT2D eigenvalue weighted by Crippen LogP contribution is 2.28. The average molecular weight is 532 g/mol. The fourth-order valence-electron chi connectivity index (χ4n) is 4.30. The standard InChI is InChI=1S/C31H37N3O5/c1-38-28-17-16-24(21-29(28)39-2)22-34(27(31(36)37)15-6-7-18-32)19-9-11-23-10-8-14-26(20-23)33-30(35)25-12-4-3-5-13-25/h3-5,8-14,16-17,20-21,27H,6-7,15,18-19,22,32H2,1-2H3,(H,33,35)(H,36,37)/b11-9+/t27-/m0/s1. The van der Waals surface area contributed by atoms with Crippen LogP contribution < -0.4 is 20.5 Å². The van der Waals surface area contributed by atoms with Crippen LogP contribution in [0, 0.1) is 0 Å². The van der Waals surface area contributed by atoms with Crippen molar-refractivity contribution in [2.24, 2.45) is 5.73 Å². The number of hydrogen-bond acceptors (Lipinski definition) is 6. The largest absolute Gasteiger partial charge is 0.493 e. The van der Waals surface area contributed by atoms with Crippen molar-refractivity contribution in [1.29, 1.82) is 0 Å². The second-order valence-corrected chi connectivity index (χ2v) is 9.11. The first-order chi connectivity index (χ1) is 18.9. The first-order valence-corrected chi connectivity index (χ1v) is 13.0. The summed E-state index contributed by atoms with van der Waals surface area (Å²) in [5.41, 5.74) is 8.71. The van der Waals surface area contributed by atoms with E-state index in [2.05, 4.69) is 5.32 Å². The maximum absolute atomic E-state index is 12.5. The summed E-state index contributed by atoms with van der Waals surface area (Å²) in [6.45, 7) is 1.35. The van der Waals surface area contributed by atoms with Gasteiger partial charge in [-0.15, -0.1) is 0 Å². The van der Waals surface area contributed by atoms with E-state index in [0.717, 1.165) is 24.0 Å². The molecule has 0 aliphatic heterocycles. The summed E-state index contributed by atoms with van der Waals surface area (Å²) in [6.07, 6.45) is 5.86. The number of carboxylic acids is 1. The van der Waals surface area contributed by atoms with Crippen molar-refractivity contribution in [3.05, 3.63) is 95.6 Å². The van der Waals surface area contributed by atoms with Crippen molar-refractivity contribution >= 4 is 23.6 Å². The maximum Gasteiger partial charge on any atom is 0.320 e. The minimum atomic E-state index is -0.869.